The van der Waals surface area contributed by atoms with Crippen molar-refractivity contribution in [3.8, 4) is 0 Å². The summed E-state index contributed by atoms with van der Waals surface area (Å²) in [7, 11) is 0. The van der Waals surface area contributed by atoms with Gasteiger partial charge in [0.2, 0.25) is 0 Å². The summed E-state index contributed by atoms with van der Waals surface area (Å²) in [5, 5.41) is 0. The van der Waals surface area contributed by atoms with Gasteiger partial charge in [0, 0.05) is 19.3 Å². The quantitative estimate of drug-likeness (QED) is 0.0343. The van der Waals surface area contributed by atoms with Crippen molar-refractivity contribution < 1.29 is 28.6 Å². The molecule has 1 unspecified atom stereocenters. The van der Waals surface area contributed by atoms with Gasteiger partial charge >= 0.3 is 17.9 Å². The predicted molar refractivity (Wildman–Crippen MR) is 317 cm³/mol. The molecular formula is C67H130O6. The number of rotatable bonds is 63. The van der Waals surface area contributed by atoms with Crippen LogP contribution in [0.5, 0.6) is 0 Å². The maximum absolute atomic E-state index is 12.9. The van der Waals surface area contributed by atoms with Gasteiger partial charge in [-0.15, -0.1) is 0 Å². The molecule has 1 atom stereocenters. The molecule has 0 aromatic carbocycles. The van der Waals surface area contributed by atoms with Crippen molar-refractivity contribution in [3.05, 3.63) is 0 Å². The average molecular weight is 1030 g/mol. The standard InChI is InChI=1S/C67H130O6/c1-4-7-10-13-16-19-22-25-27-29-31-32-33-34-35-36-38-39-42-45-48-51-54-57-60-66(69)72-63-64(62-71-65(68)59-56-53-50-47-44-41-24-21-18-15-12-9-6-3)73-67(70)61-58-55-52-49-46-43-40-37-30-28-26-23-20-17-14-11-8-5-2/h64H,4-63H2,1-3H3. The van der Waals surface area contributed by atoms with Crippen molar-refractivity contribution in [2.45, 2.75) is 399 Å². The van der Waals surface area contributed by atoms with E-state index in [1.807, 2.05) is 0 Å². The number of ether oxygens (including phenoxy) is 3. The molecule has 0 fully saturated rings. The van der Waals surface area contributed by atoms with E-state index >= 15 is 0 Å². The van der Waals surface area contributed by atoms with E-state index in [-0.39, 0.29) is 31.1 Å². The second-order valence-corrected chi connectivity index (χ2v) is 23.1. The third-order valence-electron chi connectivity index (χ3n) is 15.6. The van der Waals surface area contributed by atoms with Crippen LogP contribution < -0.4 is 0 Å². The molecule has 0 radical (unpaired) electrons. The van der Waals surface area contributed by atoms with E-state index in [0.717, 1.165) is 57.8 Å². The molecule has 6 nitrogen and oxygen atoms in total. The Morgan fingerprint density at radius 2 is 0.370 bits per heavy atom. The van der Waals surface area contributed by atoms with Crippen molar-refractivity contribution in [1.82, 2.24) is 0 Å². The molecule has 0 N–H and O–H groups in total. The minimum Gasteiger partial charge on any atom is -0.462 e. The van der Waals surface area contributed by atoms with Crippen LogP contribution in [0.15, 0.2) is 0 Å². The Morgan fingerprint density at radius 3 is 0.548 bits per heavy atom. The summed E-state index contributed by atoms with van der Waals surface area (Å²) in [5.41, 5.74) is 0. The topological polar surface area (TPSA) is 78.9 Å². The maximum Gasteiger partial charge on any atom is 0.306 e. The second kappa shape index (κ2) is 62.9. The molecule has 0 aliphatic carbocycles. The van der Waals surface area contributed by atoms with Crippen molar-refractivity contribution in [3.63, 3.8) is 0 Å². The Morgan fingerprint density at radius 1 is 0.219 bits per heavy atom. The summed E-state index contributed by atoms with van der Waals surface area (Å²) in [6.07, 6.45) is 72.6. The molecule has 0 amide bonds. The number of hydrogen-bond donors (Lipinski definition) is 0. The van der Waals surface area contributed by atoms with Gasteiger partial charge in [0.05, 0.1) is 0 Å². The van der Waals surface area contributed by atoms with Gasteiger partial charge in [0.15, 0.2) is 6.10 Å². The van der Waals surface area contributed by atoms with E-state index in [4.69, 9.17) is 14.2 Å². The molecule has 0 saturated heterocycles. The Labute approximate surface area is 457 Å². The number of carbonyl (C=O) groups is 3. The number of carbonyl (C=O) groups excluding carboxylic acids is 3. The molecule has 0 aromatic rings. The van der Waals surface area contributed by atoms with Crippen LogP contribution in [0.25, 0.3) is 0 Å². The molecule has 0 heterocycles. The van der Waals surface area contributed by atoms with Gasteiger partial charge in [-0.05, 0) is 19.3 Å². The average Bonchev–Trinajstić information content (AvgIpc) is 3.39. The maximum atomic E-state index is 12.9. The van der Waals surface area contributed by atoms with Gasteiger partial charge in [-0.1, -0.05) is 355 Å². The highest BCUT2D eigenvalue weighted by molar-refractivity contribution is 5.71. The molecule has 6 heteroatoms. The summed E-state index contributed by atoms with van der Waals surface area (Å²) in [6.45, 7) is 6.73. The van der Waals surface area contributed by atoms with Crippen molar-refractivity contribution >= 4 is 17.9 Å². The monoisotopic (exact) mass is 1030 g/mol. The van der Waals surface area contributed by atoms with E-state index in [1.165, 1.54) is 295 Å². The zero-order chi connectivity index (χ0) is 52.9. The van der Waals surface area contributed by atoms with Gasteiger partial charge in [-0.2, -0.15) is 0 Å². The van der Waals surface area contributed by atoms with Crippen LogP contribution in [-0.4, -0.2) is 37.2 Å². The van der Waals surface area contributed by atoms with Crippen LogP contribution in [-0.2, 0) is 28.6 Å². The molecule has 0 aromatic heterocycles. The molecule has 0 saturated carbocycles. The lowest BCUT2D eigenvalue weighted by Gasteiger charge is -2.18. The molecule has 0 bridgehead atoms. The SMILES string of the molecule is CCCCCCCCCCCCCCCCCCCCCCCCCCC(=O)OCC(COC(=O)CCCCCCCCCCCCCCC)OC(=O)CCCCCCCCCCCCCCCCCCCC. The highest BCUT2D eigenvalue weighted by Gasteiger charge is 2.19. The van der Waals surface area contributed by atoms with Gasteiger partial charge in [0.25, 0.3) is 0 Å². The van der Waals surface area contributed by atoms with E-state index in [0.29, 0.717) is 19.3 Å². The van der Waals surface area contributed by atoms with E-state index in [9.17, 15) is 14.4 Å². The normalized spacial score (nSPS) is 11.9. The zero-order valence-corrected chi connectivity index (χ0v) is 50.0. The van der Waals surface area contributed by atoms with Crippen molar-refractivity contribution in [2.75, 3.05) is 13.2 Å². The third-order valence-corrected chi connectivity index (χ3v) is 15.6. The minimum absolute atomic E-state index is 0.0604. The highest BCUT2D eigenvalue weighted by Crippen LogP contribution is 2.19. The molecule has 0 aliphatic rings. The minimum atomic E-state index is -0.762. The fourth-order valence-corrected chi connectivity index (χ4v) is 10.6. The lowest BCUT2D eigenvalue weighted by Crippen LogP contribution is -2.30. The van der Waals surface area contributed by atoms with E-state index in [1.54, 1.807) is 0 Å². The van der Waals surface area contributed by atoms with Crippen molar-refractivity contribution in [2.24, 2.45) is 0 Å². The second-order valence-electron chi connectivity index (χ2n) is 23.1. The molecule has 434 valence electrons. The van der Waals surface area contributed by atoms with E-state index in [2.05, 4.69) is 20.8 Å². The molecule has 0 spiro atoms. The van der Waals surface area contributed by atoms with Crippen LogP contribution in [0, 0.1) is 0 Å². The Kier molecular flexibility index (Phi) is 61.6. The first-order valence-corrected chi connectivity index (χ1v) is 33.5. The predicted octanol–water partition coefficient (Wildman–Crippen LogP) is 22.7. The summed E-state index contributed by atoms with van der Waals surface area (Å²) in [6, 6.07) is 0. The molecule has 73 heavy (non-hydrogen) atoms. The first kappa shape index (κ1) is 71.4. The Hall–Kier alpha value is -1.59. The van der Waals surface area contributed by atoms with Gasteiger partial charge in [-0.3, -0.25) is 14.4 Å². The molecule has 0 aliphatic heterocycles. The fourth-order valence-electron chi connectivity index (χ4n) is 10.6. The van der Waals surface area contributed by atoms with Gasteiger partial charge in [-0.25, -0.2) is 0 Å². The highest BCUT2D eigenvalue weighted by atomic mass is 16.6. The molecular weight excluding hydrogens is 901 g/mol. The first-order valence-electron chi connectivity index (χ1n) is 33.5. The summed E-state index contributed by atoms with van der Waals surface area (Å²) in [5.74, 6) is -0.823. The summed E-state index contributed by atoms with van der Waals surface area (Å²) >= 11 is 0. The van der Waals surface area contributed by atoms with Gasteiger partial charge < -0.3 is 14.2 Å². The lowest BCUT2D eigenvalue weighted by atomic mass is 10.0. The largest absolute Gasteiger partial charge is 0.462 e. The van der Waals surface area contributed by atoms with Crippen LogP contribution >= 0.6 is 0 Å². The number of esters is 3. The summed E-state index contributed by atoms with van der Waals surface area (Å²) in [4.78, 5) is 38.3. The Balaban J connectivity index is 4.20. The third kappa shape index (κ3) is 61.1. The summed E-state index contributed by atoms with van der Waals surface area (Å²) < 4.78 is 17.0. The number of unbranched alkanes of at least 4 members (excludes halogenated alkanes) is 52. The zero-order valence-electron chi connectivity index (χ0n) is 50.0. The van der Waals surface area contributed by atoms with Crippen molar-refractivity contribution in [1.29, 1.82) is 0 Å². The number of hydrogen-bond acceptors (Lipinski definition) is 6. The van der Waals surface area contributed by atoms with Crippen LogP contribution in [0.1, 0.15) is 393 Å². The fraction of sp³-hybridized carbons (Fsp3) is 0.955. The Bertz CT molecular complexity index is 1090. The van der Waals surface area contributed by atoms with Gasteiger partial charge in [0.1, 0.15) is 13.2 Å². The van der Waals surface area contributed by atoms with Crippen LogP contribution in [0.3, 0.4) is 0 Å². The van der Waals surface area contributed by atoms with E-state index < -0.39 is 6.10 Å². The molecule has 0 rings (SSSR count). The van der Waals surface area contributed by atoms with Crippen LogP contribution in [0.4, 0.5) is 0 Å². The first-order chi connectivity index (χ1) is 36.0. The lowest BCUT2D eigenvalue weighted by molar-refractivity contribution is -0.167. The smallest absolute Gasteiger partial charge is 0.306 e. The van der Waals surface area contributed by atoms with Crippen LogP contribution in [0.2, 0.25) is 0 Å².